The van der Waals surface area contributed by atoms with E-state index in [1.807, 2.05) is 4.68 Å². The Hall–Kier alpha value is -1.97. The molecule has 2 rings (SSSR count). The van der Waals surface area contributed by atoms with Gasteiger partial charge in [-0.05, 0) is 23.0 Å². The molecule has 0 N–H and O–H groups in total. The molecule has 0 amide bonds. The molecular weight excluding hydrogens is 262 g/mol. The summed E-state index contributed by atoms with van der Waals surface area (Å²) in [5, 5.41) is 8.06. The first-order valence-electron chi connectivity index (χ1n) is 7.42. The fraction of sp³-hybridized carbons (Fsp3) is 0.471. The van der Waals surface area contributed by atoms with Crippen molar-refractivity contribution < 1.29 is 4.79 Å². The van der Waals surface area contributed by atoms with Crippen molar-refractivity contribution in [2.75, 3.05) is 0 Å². The van der Waals surface area contributed by atoms with Crippen molar-refractivity contribution in [2.24, 2.45) is 0 Å². The van der Waals surface area contributed by atoms with Crippen molar-refractivity contribution in [3.8, 4) is 0 Å². The molecule has 0 saturated heterocycles. The second kappa shape index (κ2) is 6.20. The second-order valence-corrected chi connectivity index (χ2v) is 6.39. The Morgan fingerprint density at radius 2 is 1.86 bits per heavy atom. The zero-order chi connectivity index (χ0) is 15.5. The first-order chi connectivity index (χ1) is 9.95. The summed E-state index contributed by atoms with van der Waals surface area (Å²) < 4.78 is 1.83. The third kappa shape index (κ3) is 3.57. The zero-order valence-corrected chi connectivity index (χ0v) is 13.3. The van der Waals surface area contributed by atoms with Crippen LogP contribution in [0.25, 0.3) is 0 Å². The summed E-state index contributed by atoms with van der Waals surface area (Å²) in [4.78, 5) is 11.0. The van der Waals surface area contributed by atoms with E-state index in [0.717, 1.165) is 24.8 Å². The largest absolute Gasteiger partial charge is 0.296 e. The van der Waals surface area contributed by atoms with E-state index >= 15 is 0 Å². The van der Waals surface area contributed by atoms with E-state index in [4.69, 9.17) is 0 Å². The van der Waals surface area contributed by atoms with Gasteiger partial charge in [0.25, 0.3) is 0 Å². The molecule has 1 heterocycles. The van der Waals surface area contributed by atoms with Crippen LogP contribution in [0.2, 0.25) is 0 Å². The Morgan fingerprint density at radius 1 is 1.19 bits per heavy atom. The Bertz CT molecular complexity index is 606. The quantitative estimate of drug-likeness (QED) is 0.791. The number of carbonyl (C=O) groups is 1. The molecule has 21 heavy (non-hydrogen) atoms. The lowest BCUT2D eigenvalue weighted by Gasteiger charge is -2.19. The maximum Gasteiger partial charge on any atom is 0.172 e. The highest BCUT2D eigenvalue weighted by Crippen LogP contribution is 2.22. The summed E-state index contributed by atoms with van der Waals surface area (Å²) in [6.07, 6.45) is 2.58. The molecule has 1 aromatic heterocycles. The van der Waals surface area contributed by atoms with Crippen molar-refractivity contribution >= 4 is 6.29 Å². The SMILES string of the molecule is CCCc1c(C=O)nnn1Cc1ccc(C(C)(C)C)cc1. The van der Waals surface area contributed by atoms with Crippen LogP contribution in [0.3, 0.4) is 0 Å². The standard InChI is InChI=1S/C17H23N3O/c1-5-6-16-15(12-21)18-19-20(16)11-13-7-9-14(10-8-13)17(2,3)4/h7-10,12H,5-6,11H2,1-4H3. The number of aromatic nitrogens is 3. The van der Waals surface area contributed by atoms with Gasteiger partial charge in [-0.2, -0.15) is 0 Å². The Morgan fingerprint density at radius 3 is 2.38 bits per heavy atom. The molecule has 112 valence electrons. The van der Waals surface area contributed by atoms with Gasteiger partial charge in [-0.3, -0.25) is 4.79 Å². The van der Waals surface area contributed by atoms with Crippen molar-refractivity contribution in [2.45, 2.75) is 52.5 Å². The number of nitrogens with zero attached hydrogens (tertiary/aromatic N) is 3. The van der Waals surface area contributed by atoms with Crippen LogP contribution in [-0.4, -0.2) is 21.3 Å². The van der Waals surface area contributed by atoms with E-state index in [0.29, 0.717) is 12.2 Å². The number of hydrogen-bond donors (Lipinski definition) is 0. The van der Waals surface area contributed by atoms with Crippen LogP contribution < -0.4 is 0 Å². The van der Waals surface area contributed by atoms with Crippen LogP contribution in [0.1, 0.15) is 61.4 Å². The lowest BCUT2D eigenvalue weighted by Crippen LogP contribution is -2.11. The number of hydrogen-bond acceptors (Lipinski definition) is 3. The average molecular weight is 285 g/mol. The molecule has 0 bridgehead atoms. The molecule has 0 aliphatic rings. The lowest BCUT2D eigenvalue weighted by atomic mass is 9.87. The predicted octanol–water partition coefficient (Wildman–Crippen LogP) is 3.39. The van der Waals surface area contributed by atoms with E-state index in [1.165, 1.54) is 11.1 Å². The summed E-state index contributed by atoms with van der Waals surface area (Å²) >= 11 is 0. The molecule has 2 aromatic rings. The normalized spacial score (nSPS) is 11.6. The highest BCUT2D eigenvalue weighted by Gasteiger charge is 2.14. The van der Waals surface area contributed by atoms with Gasteiger partial charge in [0.05, 0.1) is 12.2 Å². The van der Waals surface area contributed by atoms with Crippen LogP contribution in [0.4, 0.5) is 0 Å². The Labute approximate surface area is 126 Å². The van der Waals surface area contributed by atoms with Crippen LogP contribution in [0.5, 0.6) is 0 Å². The molecular formula is C17H23N3O. The van der Waals surface area contributed by atoms with Crippen molar-refractivity contribution in [3.05, 3.63) is 46.8 Å². The summed E-state index contributed by atoms with van der Waals surface area (Å²) in [6.45, 7) is 9.35. The minimum atomic E-state index is 0.157. The van der Waals surface area contributed by atoms with Crippen LogP contribution in [0.15, 0.2) is 24.3 Å². The molecule has 0 spiro atoms. The molecule has 4 nitrogen and oxygen atoms in total. The molecule has 0 atom stereocenters. The van der Waals surface area contributed by atoms with Gasteiger partial charge in [-0.15, -0.1) is 5.10 Å². The van der Waals surface area contributed by atoms with E-state index in [-0.39, 0.29) is 5.41 Å². The maximum absolute atomic E-state index is 11.0. The smallest absolute Gasteiger partial charge is 0.172 e. The molecule has 0 saturated carbocycles. The number of aldehydes is 1. The van der Waals surface area contributed by atoms with Crippen molar-refractivity contribution in [3.63, 3.8) is 0 Å². The fourth-order valence-corrected chi connectivity index (χ4v) is 2.34. The van der Waals surface area contributed by atoms with Crippen molar-refractivity contribution in [1.82, 2.24) is 15.0 Å². The lowest BCUT2D eigenvalue weighted by molar-refractivity contribution is 0.111. The molecule has 0 fully saturated rings. The number of carbonyl (C=O) groups excluding carboxylic acids is 1. The van der Waals surface area contributed by atoms with E-state index in [1.54, 1.807) is 0 Å². The minimum absolute atomic E-state index is 0.157. The third-order valence-corrected chi connectivity index (χ3v) is 3.62. The van der Waals surface area contributed by atoms with Crippen molar-refractivity contribution in [1.29, 1.82) is 0 Å². The van der Waals surface area contributed by atoms with Gasteiger partial charge in [0.1, 0.15) is 5.69 Å². The summed E-state index contributed by atoms with van der Waals surface area (Å²) in [5.74, 6) is 0. The van der Waals surface area contributed by atoms with Gasteiger partial charge in [-0.1, -0.05) is 63.6 Å². The minimum Gasteiger partial charge on any atom is -0.296 e. The number of benzene rings is 1. The summed E-state index contributed by atoms with van der Waals surface area (Å²) in [6, 6.07) is 8.57. The van der Waals surface area contributed by atoms with Gasteiger partial charge in [0.15, 0.2) is 6.29 Å². The van der Waals surface area contributed by atoms with E-state index < -0.39 is 0 Å². The Balaban J connectivity index is 2.22. The zero-order valence-electron chi connectivity index (χ0n) is 13.3. The van der Waals surface area contributed by atoms with Crippen LogP contribution in [0, 0.1) is 0 Å². The second-order valence-electron chi connectivity index (χ2n) is 6.39. The Kier molecular flexibility index (Phi) is 4.56. The molecule has 0 aliphatic carbocycles. The maximum atomic E-state index is 11.0. The van der Waals surface area contributed by atoms with Gasteiger partial charge >= 0.3 is 0 Å². The van der Waals surface area contributed by atoms with E-state index in [2.05, 4.69) is 62.3 Å². The highest BCUT2D eigenvalue weighted by atomic mass is 16.1. The van der Waals surface area contributed by atoms with Crippen LogP contribution in [-0.2, 0) is 18.4 Å². The van der Waals surface area contributed by atoms with Gasteiger partial charge in [0, 0.05) is 0 Å². The van der Waals surface area contributed by atoms with Crippen LogP contribution >= 0.6 is 0 Å². The van der Waals surface area contributed by atoms with Gasteiger partial charge in [0.2, 0.25) is 0 Å². The molecule has 0 radical (unpaired) electrons. The average Bonchev–Trinajstić information content (AvgIpc) is 2.81. The molecule has 4 heteroatoms. The molecule has 0 aliphatic heterocycles. The van der Waals surface area contributed by atoms with Gasteiger partial charge < -0.3 is 0 Å². The van der Waals surface area contributed by atoms with E-state index in [9.17, 15) is 4.79 Å². The fourth-order valence-electron chi connectivity index (χ4n) is 2.34. The monoisotopic (exact) mass is 285 g/mol. The van der Waals surface area contributed by atoms with Gasteiger partial charge in [-0.25, -0.2) is 4.68 Å². The third-order valence-electron chi connectivity index (χ3n) is 3.62. The number of rotatable bonds is 5. The topological polar surface area (TPSA) is 47.8 Å². The first-order valence-corrected chi connectivity index (χ1v) is 7.42. The summed E-state index contributed by atoms with van der Waals surface area (Å²) in [5.41, 5.74) is 4.02. The summed E-state index contributed by atoms with van der Waals surface area (Å²) in [7, 11) is 0. The predicted molar refractivity (Wildman–Crippen MR) is 83.6 cm³/mol. The molecule has 1 aromatic carbocycles. The molecule has 0 unspecified atom stereocenters. The highest BCUT2D eigenvalue weighted by molar-refractivity contribution is 5.73. The first kappa shape index (κ1) is 15.4.